The Kier molecular flexibility index (Phi) is 2.46. The highest BCUT2D eigenvalue weighted by atomic mass is 19.1. The van der Waals surface area contributed by atoms with Gasteiger partial charge in [-0.2, -0.15) is 0 Å². The summed E-state index contributed by atoms with van der Waals surface area (Å²) in [4.78, 5) is 4.04. The van der Waals surface area contributed by atoms with Crippen LogP contribution in [0.2, 0.25) is 0 Å². The molecule has 0 aliphatic rings. The van der Waals surface area contributed by atoms with Crippen molar-refractivity contribution in [3.63, 3.8) is 0 Å². The number of rotatable bonds is 1. The van der Waals surface area contributed by atoms with E-state index in [0.29, 0.717) is 5.69 Å². The number of hydrogen-bond acceptors (Lipinski definition) is 1. The van der Waals surface area contributed by atoms with Gasteiger partial charge in [-0.1, -0.05) is 6.07 Å². The van der Waals surface area contributed by atoms with E-state index in [2.05, 4.69) is 4.98 Å². The van der Waals surface area contributed by atoms with Gasteiger partial charge >= 0.3 is 0 Å². The molecule has 76 valence electrons. The summed E-state index contributed by atoms with van der Waals surface area (Å²) >= 11 is 0. The molecule has 0 bridgehead atoms. The summed E-state index contributed by atoms with van der Waals surface area (Å²) in [6.45, 7) is 1.89. The van der Waals surface area contributed by atoms with Gasteiger partial charge in [0.05, 0.1) is 5.69 Å². The number of aromatic nitrogens is 1. The maximum atomic E-state index is 13.3. The quantitative estimate of drug-likeness (QED) is 0.695. The third-order valence-corrected chi connectivity index (χ3v) is 2.12. The van der Waals surface area contributed by atoms with Gasteiger partial charge in [0.1, 0.15) is 11.6 Å². The minimum Gasteiger partial charge on any atom is -0.256 e. The molecule has 3 heteroatoms. The van der Waals surface area contributed by atoms with Crippen LogP contribution in [0.5, 0.6) is 0 Å². The molecule has 1 aromatic heterocycles. The van der Waals surface area contributed by atoms with Crippen molar-refractivity contribution in [2.24, 2.45) is 0 Å². The Bertz CT molecular complexity index is 477. The van der Waals surface area contributed by atoms with E-state index in [-0.39, 0.29) is 5.56 Å². The summed E-state index contributed by atoms with van der Waals surface area (Å²) < 4.78 is 26.3. The first-order valence-electron chi connectivity index (χ1n) is 4.55. The Morgan fingerprint density at radius 3 is 2.53 bits per heavy atom. The Morgan fingerprint density at radius 1 is 1.07 bits per heavy atom. The van der Waals surface area contributed by atoms with Gasteiger partial charge in [-0.25, -0.2) is 8.78 Å². The first-order valence-corrected chi connectivity index (χ1v) is 4.55. The molecule has 0 saturated carbocycles. The van der Waals surface area contributed by atoms with Crippen molar-refractivity contribution < 1.29 is 8.78 Å². The van der Waals surface area contributed by atoms with E-state index in [9.17, 15) is 8.78 Å². The van der Waals surface area contributed by atoms with Crippen LogP contribution >= 0.6 is 0 Å². The second-order valence-corrected chi connectivity index (χ2v) is 3.34. The zero-order chi connectivity index (χ0) is 10.8. The first-order chi connectivity index (χ1) is 7.16. The van der Waals surface area contributed by atoms with E-state index < -0.39 is 11.6 Å². The maximum absolute atomic E-state index is 13.3. The molecule has 1 aromatic carbocycles. The molecule has 2 aromatic rings. The Labute approximate surface area is 86.4 Å². The standard InChI is InChI=1S/C12H9F2N/c1-8-2-5-12(15-7-8)10-6-9(13)3-4-11(10)14/h2-7H,1H3. The summed E-state index contributed by atoms with van der Waals surface area (Å²) in [6, 6.07) is 6.83. The highest BCUT2D eigenvalue weighted by Crippen LogP contribution is 2.21. The summed E-state index contributed by atoms with van der Waals surface area (Å²) in [5.41, 5.74) is 1.61. The van der Waals surface area contributed by atoms with Crippen LogP contribution in [0.25, 0.3) is 11.3 Å². The lowest BCUT2D eigenvalue weighted by Crippen LogP contribution is -1.89. The fraction of sp³-hybridized carbons (Fsp3) is 0.0833. The summed E-state index contributed by atoms with van der Waals surface area (Å²) in [7, 11) is 0. The van der Waals surface area contributed by atoms with Gasteiger partial charge in [0, 0.05) is 11.8 Å². The molecule has 0 aliphatic heterocycles. The molecule has 0 atom stereocenters. The Hall–Kier alpha value is -1.77. The third kappa shape index (κ3) is 2.01. The number of hydrogen-bond donors (Lipinski definition) is 0. The van der Waals surface area contributed by atoms with Crippen LogP contribution < -0.4 is 0 Å². The Morgan fingerprint density at radius 2 is 1.87 bits per heavy atom. The predicted molar refractivity (Wildman–Crippen MR) is 54.3 cm³/mol. The SMILES string of the molecule is Cc1ccc(-c2cc(F)ccc2F)nc1. The molecule has 0 radical (unpaired) electrons. The summed E-state index contributed by atoms with van der Waals surface area (Å²) in [5.74, 6) is -0.929. The molecule has 0 unspecified atom stereocenters. The number of nitrogens with zero attached hydrogens (tertiary/aromatic N) is 1. The average Bonchev–Trinajstić information content (AvgIpc) is 2.23. The van der Waals surface area contributed by atoms with Crippen LogP contribution in [0.4, 0.5) is 8.78 Å². The van der Waals surface area contributed by atoms with Gasteiger partial charge in [-0.15, -0.1) is 0 Å². The van der Waals surface area contributed by atoms with Crippen LogP contribution in [0.15, 0.2) is 36.5 Å². The van der Waals surface area contributed by atoms with E-state index in [4.69, 9.17) is 0 Å². The molecule has 0 N–H and O–H groups in total. The summed E-state index contributed by atoms with van der Waals surface area (Å²) in [6.07, 6.45) is 1.62. The lowest BCUT2D eigenvalue weighted by atomic mass is 10.1. The predicted octanol–water partition coefficient (Wildman–Crippen LogP) is 3.34. The van der Waals surface area contributed by atoms with Gasteiger partial charge in [-0.05, 0) is 36.8 Å². The molecular formula is C12H9F2N. The van der Waals surface area contributed by atoms with Crippen LogP contribution in [0.1, 0.15) is 5.56 Å². The Balaban J connectivity index is 2.53. The fourth-order valence-electron chi connectivity index (χ4n) is 1.32. The van der Waals surface area contributed by atoms with Crippen molar-refractivity contribution in [2.45, 2.75) is 6.92 Å². The van der Waals surface area contributed by atoms with Crippen LogP contribution in [-0.4, -0.2) is 4.98 Å². The van der Waals surface area contributed by atoms with Crippen molar-refractivity contribution in [1.29, 1.82) is 0 Å². The molecule has 15 heavy (non-hydrogen) atoms. The highest BCUT2D eigenvalue weighted by molar-refractivity contribution is 5.59. The van der Waals surface area contributed by atoms with Crippen LogP contribution in [0.3, 0.4) is 0 Å². The van der Waals surface area contributed by atoms with Crippen molar-refractivity contribution >= 4 is 0 Å². The number of aryl methyl sites for hydroxylation is 1. The normalized spacial score (nSPS) is 10.3. The van der Waals surface area contributed by atoms with Crippen molar-refractivity contribution in [3.8, 4) is 11.3 Å². The van der Waals surface area contributed by atoms with Gasteiger partial charge in [0.15, 0.2) is 0 Å². The lowest BCUT2D eigenvalue weighted by molar-refractivity contribution is 0.602. The van der Waals surface area contributed by atoms with Crippen LogP contribution in [-0.2, 0) is 0 Å². The largest absolute Gasteiger partial charge is 0.256 e. The second-order valence-electron chi connectivity index (χ2n) is 3.34. The van der Waals surface area contributed by atoms with Gasteiger partial charge in [0.25, 0.3) is 0 Å². The maximum Gasteiger partial charge on any atom is 0.132 e. The van der Waals surface area contributed by atoms with E-state index in [1.165, 1.54) is 0 Å². The zero-order valence-electron chi connectivity index (χ0n) is 8.17. The molecule has 0 amide bonds. The average molecular weight is 205 g/mol. The smallest absolute Gasteiger partial charge is 0.132 e. The number of benzene rings is 1. The minimum absolute atomic E-state index is 0.190. The molecule has 2 rings (SSSR count). The highest BCUT2D eigenvalue weighted by Gasteiger charge is 2.06. The molecule has 0 saturated heterocycles. The molecule has 0 aliphatic carbocycles. The van der Waals surface area contributed by atoms with Gasteiger partial charge in [0.2, 0.25) is 0 Å². The number of halogens is 2. The lowest BCUT2D eigenvalue weighted by Gasteiger charge is -2.02. The molecule has 0 fully saturated rings. The molecule has 0 spiro atoms. The van der Waals surface area contributed by atoms with E-state index in [1.807, 2.05) is 13.0 Å². The van der Waals surface area contributed by atoms with E-state index in [1.54, 1.807) is 12.3 Å². The monoisotopic (exact) mass is 205 g/mol. The van der Waals surface area contributed by atoms with Crippen LogP contribution in [0, 0.1) is 18.6 Å². The van der Waals surface area contributed by atoms with Crippen molar-refractivity contribution in [3.05, 3.63) is 53.7 Å². The zero-order valence-corrected chi connectivity index (χ0v) is 8.17. The molecule has 1 heterocycles. The van der Waals surface area contributed by atoms with E-state index >= 15 is 0 Å². The molecular weight excluding hydrogens is 196 g/mol. The summed E-state index contributed by atoms with van der Waals surface area (Å²) in [5, 5.41) is 0. The third-order valence-electron chi connectivity index (χ3n) is 2.12. The van der Waals surface area contributed by atoms with E-state index in [0.717, 1.165) is 23.8 Å². The fourth-order valence-corrected chi connectivity index (χ4v) is 1.32. The first kappa shape index (κ1) is 9.77. The van der Waals surface area contributed by atoms with Gasteiger partial charge in [-0.3, -0.25) is 4.98 Å². The van der Waals surface area contributed by atoms with Crippen molar-refractivity contribution in [2.75, 3.05) is 0 Å². The van der Waals surface area contributed by atoms with Crippen molar-refractivity contribution in [1.82, 2.24) is 4.98 Å². The topological polar surface area (TPSA) is 12.9 Å². The van der Waals surface area contributed by atoms with Gasteiger partial charge < -0.3 is 0 Å². The molecule has 1 nitrogen and oxygen atoms in total. The minimum atomic E-state index is -0.465. The number of pyridine rings is 1. The second kappa shape index (κ2) is 3.77.